The van der Waals surface area contributed by atoms with Crippen molar-refractivity contribution < 1.29 is 13.9 Å². The normalized spacial score (nSPS) is 26.9. The Hall–Kier alpha value is -2.72. The van der Waals surface area contributed by atoms with Crippen LogP contribution in [-0.4, -0.2) is 69.4 Å². The lowest BCUT2D eigenvalue weighted by molar-refractivity contribution is 0.0913. The average molecular weight is 483 g/mol. The minimum Gasteiger partial charge on any atom is -0.496 e. The van der Waals surface area contributed by atoms with Gasteiger partial charge in [0.15, 0.2) is 0 Å². The molecule has 3 fully saturated rings. The number of hydrogen-bond donors (Lipinski definition) is 4. The third kappa shape index (κ3) is 4.99. The summed E-state index contributed by atoms with van der Waals surface area (Å²) in [6.45, 7) is 7.92. The van der Waals surface area contributed by atoms with Crippen molar-refractivity contribution in [3.05, 3.63) is 59.4 Å². The number of carbonyl (C=O) groups is 1. The zero-order valence-electron chi connectivity index (χ0n) is 20.4. The van der Waals surface area contributed by atoms with Gasteiger partial charge in [0.1, 0.15) is 11.6 Å². The van der Waals surface area contributed by atoms with Crippen LogP contribution in [0, 0.1) is 11.7 Å². The van der Waals surface area contributed by atoms with Gasteiger partial charge in [0.05, 0.1) is 13.3 Å². The van der Waals surface area contributed by atoms with E-state index < -0.39 is 0 Å². The molecule has 2 aromatic carbocycles. The largest absolute Gasteiger partial charge is 0.496 e. The van der Waals surface area contributed by atoms with E-state index in [1.54, 1.807) is 19.2 Å². The van der Waals surface area contributed by atoms with Gasteiger partial charge in [0, 0.05) is 67.5 Å². The van der Waals surface area contributed by atoms with Crippen LogP contribution in [0.2, 0.25) is 0 Å². The molecule has 2 aromatic rings. The highest BCUT2D eigenvalue weighted by Gasteiger charge is 2.42. The first-order valence-corrected chi connectivity index (χ1v) is 12.5. The van der Waals surface area contributed by atoms with Gasteiger partial charge in [-0.1, -0.05) is 19.1 Å². The van der Waals surface area contributed by atoms with Crippen molar-refractivity contribution in [2.45, 2.75) is 31.6 Å². The highest BCUT2D eigenvalue weighted by atomic mass is 19.1. The Labute approximate surface area is 206 Å². The summed E-state index contributed by atoms with van der Waals surface area (Å²) in [7, 11) is 1.56. The monoisotopic (exact) mass is 482 g/mol. The molecule has 0 saturated carbocycles. The fourth-order valence-electron chi connectivity index (χ4n) is 5.56. The van der Waals surface area contributed by atoms with Gasteiger partial charge >= 0.3 is 0 Å². The van der Waals surface area contributed by atoms with Gasteiger partial charge in [-0.15, -0.1) is 0 Å². The molecule has 188 valence electrons. The Morgan fingerprint density at radius 2 is 1.94 bits per heavy atom. The Balaban J connectivity index is 1.26. The molecule has 0 aliphatic carbocycles. The zero-order chi connectivity index (χ0) is 24.4. The van der Waals surface area contributed by atoms with Crippen LogP contribution in [0.15, 0.2) is 42.5 Å². The second-order valence-electron chi connectivity index (χ2n) is 9.53. The Morgan fingerprint density at radius 3 is 2.71 bits per heavy atom. The van der Waals surface area contributed by atoms with E-state index in [1.165, 1.54) is 6.07 Å². The number of piperidine rings is 1. The van der Waals surface area contributed by atoms with Crippen molar-refractivity contribution in [1.29, 1.82) is 0 Å². The summed E-state index contributed by atoms with van der Waals surface area (Å²) in [4.78, 5) is 18.0. The Kier molecular flexibility index (Phi) is 7.19. The molecule has 3 aliphatic heterocycles. The number of methoxy groups -OCH3 is 1. The lowest BCUT2D eigenvalue weighted by Gasteiger charge is -2.36. The van der Waals surface area contributed by atoms with Gasteiger partial charge in [-0.3, -0.25) is 10.2 Å². The first kappa shape index (κ1) is 24.0. The molecule has 0 bridgehead atoms. The number of amides is 1. The van der Waals surface area contributed by atoms with E-state index in [2.05, 4.69) is 44.3 Å². The molecular formula is C26H35FN6O2. The van der Waals surface area contributed by atoms with Gasteiger partial charge < -0.3 is 25.2 Å². The quantitative estimate of drug-likeness (QED) is 0.501. The van der Waals surface area contributed by atoms with E-state index in [0.717, 1.165) is 38.4 Å². The van der Waals surface area contributed by atoms with E-state index >= 15 is 0 Å². The van der Waals surface area contributed by atoms with Crippen molar-refractivity contribution in [3.63, 3.8) is 0 Å². The van der Waals surface area contributed by atoms with Crippen LogP contribution in [0.4, 0.5) is 10.1 Å². The maximum absolute atomic E-state index is 14.7. The molecule has 0 spiro atoms. The highest BCUT2D eigenvalue weighted by Crippen LogP contribution is 2.36. The second kappa shape index (κ2) is 10.5. The summed E-state index contributed by atoms with van der Waals surface area (Å²) in [6.07, 6.45) is 0.404. The van der Waals surface area contributed by atoms with Crippen LogP contribution in [0.5, 0.6) is 5.75 Å². The topological polar surface area (TPSA) is 80.9 Å². The number of anilines is 1. The van der Waals surface area contributed by atoms with Gasteiger partial charge in [-0.05, 0) is 43.3 Å². The molecule has 3 aliphatic rings. The fraction of sp³-hybridized carbons (Fsp3) is 0.500. The van der Waals surface area contributed by atoms with E-state index in [4.69, 9.17) is 4.74 Å². The van der Waals surface area contributed by atoms with Crippen LogP contribution in [0.3, 0.4) is 0 Å². The van der Waals surface area contributed by atoms with Crippen LogP contribution >= 0.6 is 0 Å². The molecular weight excluding hydrogens is 447 g/mol. The molecule has 3 heterocycles. The lowest BCUT2D eigenvalue weighted by atomic mass is 9.84. The van der Waals surface area contributed by atoms with Crippen molar-refractivity contribution in [3.8, 4) is 5.75 Å². The average Bonchev–Trinajstić information content (AvgIpc) is 3.30. The van der Waals surface area contributed by atoms with Gasteiger partial charge in [0.25, 0.3) is 5.91 Å². The van der Waals surface area contributed by atoms with E-state index in [-0.39, 0.29) is 35.9 Å². The number of benzene rings is 2. The van der Waals surface area contributed by atoms with Gasteiger partial charge in [-0.25, -0.2) is 9.82 Å². The van der Waals surface area contributed by atoms with E-state index in [1.807, 2.05) is 18.2 Å². The molecule has 5 rings (SSSR count). The molecule has 3 saturated heterocycles. The standard InChI is InChI=1S/C26H35FN6O2/c1-3-32-10-12-33(13-11-32)18-7-4-6-17(14-18)26(34)29-25-19-15-21(28-16-22(19)30-31-25)24-20(27)8-5-9-23(24)35-2/h4-9,14,19,21-22,25,28,30-31H,3,10-13,15-16H2,1-2H3,(H,29,34). The van der Waals surface area contributed by atoms with Gasteiger partial charge in [0.2, 0.25) is 0 Å². The summed E-state index contributed by atoms with van der Waals surface area (Å²) in [5, 5.41) is 6.60. The molecule has 0 radical (unpaired) electrons. The minimum atomic E-state index is -0.281. The first-order valence-electron chi connectivity index (χ1n) is 12.5. The number of piperazine rings is 1. The van der Waals surface area contributed by atoms with E-state index in [9.17, 15) is 9.18 Å². The summed E-state index contributed by atoms with van der Waals surface area (Å²) in [6, 6.07) is 12.7. The van der Waals surface area contributed by atoms with Gasteiger partial charge in [-0.2, -0.15) is 0 Å². The molecule has 4 unspecified atom stereocenters. The second-order valence-corrected chi connectivity index (χ2v) is 9.53. The number of fused-ring (bicyclic) bond motifs is 1. The number of nitrogens with one attached hydrogen (secondary N) is 4. The minimum absolute atomic E-state index is 0.0971. The highest BCUT2D eigenvalue weighted by molar-refractivity contribution is 5.95. The molecule has 4 atom stereocenters. The SMILES string of the molecule is CCN1CCN(c2cccc(C(=O)NC3NNC4CNC(c5c(F)cccc5OC)CC43)c2)CC1. The molecule has 0 aromatic heterocycles. The summed E-state index contributed by atoms with van der Waals surface area (Å²) in [5.74, 6) is 0.241. The third-order valence-corrected chi connectivity index (χ3v) is 7.62. The summed E-state index contributed by atoms with van der Waals surface area (Å²) >= 11 is 0. The predicted octanol–water partition coefficient (Wildman–Crippen LogP) is 1.86. The number of carbonyl (C=O) groups excluding carboxylic acids is 1. The van der Waals surface area contributed by atoms with Crippen molar-refractivity contribution in [2.24, 2.45) is 5.92 Å². The number of hydrogen-bond acceptors (Lipinski definition) is 7. The smallest absolute Gasteiger partial charge is 0.252 e. The lowest BCUT2D eigenvalue weighted by Crippen LogP contribution is -2.50. The van der Waals surface area contributed by atoms with Crippen molar-refractivity contribution >= 4 is 11.6 Å². The predicted molar refractivity (Wildman–Crippen MR) is 134 cm³/mol. The third-order valence-electron chi connectivity index (χ3n) is 7.62. The number of rotatable bonds is 6. The Morgan fingerprint density at radius 1 is 1.14 bits per heavy atom. The first-order chi connectivity index (χ1) is 17.1. The fourth-order valence-corrected chi connectivity index (χ4v) is 5.56. The van der Waals surface area contributed by atoms with Crippen LogP contribution in [0.25, 0.3) is 0 Å². The molecule has 4 N–H and O–H groups in total. The van der Waals surface area contributed by atoms with E-state index in [0.29, 0.717) is 29.8 Å². The number of likely N-dealkylation sites (N-methyl/N-ethyl adjacent to an activating group) is 1. The summed E-state index contributed by atoms with van der Waals surface area (Å²) < 4.78 is 20.1. The summed E-state index contributed by atoms with van der Waals surface area (Å²) in [5.41, 5.74) is 8.80. The Bertz CT molecular complexity index is 1040. The van der Waals surface area contributed by atoms with Crippen LogP contribution < -0.4 is 31.1 Å². The maximum atomic E-state index is 14.7. The number of ether oxygens (including phenoxy) is 1. The van der Waals surface area contributed by atoms with Crippen molar-refractivity contribution in [2.75, 3.05) is 51.3 Å². The molecule has 8 nitrogen and oxygen atoms in total. The van der Waals surface area contributed by atoms with Crippen LogP contribution in [-0.2, 0) is 0 Å². The molecule has 35 heavy (non-hydrogen) atoms. The maximum Gasteiger partial charge on any atom is 0.252 e. The molecule has 9 heteroatoms. The number of nitrogens with zero attached hydrogens (tertiary/aromatic N) is 2. The molecule has 1 amide bonds. The van der Waals surface area contributed by atoms with Crippen molar-refractivity contribution in [1.82, 2.24) is 26.4 Å². The van der Waals surface area contributed by atoms with Crippen LogP contribution in [0.1, 0.15) is 35.3 Å². The number of hydrazine groups is 1. The zero-order valence-corrected chi connectivity index (χ0v) is 20.4. The number of halogens is 1.